The minimum absolute atomic E-state index is 0.0435. The van der Waals surface area contributed by atoms with Crippen LogP contribution in [-0.4, -0.2) is 4.98 Å². The van der Waals surface area contributed by atoms with Gasteiger partial charge in [0.25, 0.3) is 0 Å². The minimum atomic E-state index is -0.0435. The monoisotopic (exact) mass is 218 g/mol. The highest BCUT2D eigenvalue weighted by atomic mass is 35.5. The summed E-state index contributed by atoms with van der Waals surface area (Å²) in [5.41, 5.74) is 6.78. The summed E-state index contributed by atoms with van der Waals surface area (Å²) in [4.78, 5) is 3.86. The third-order valence-corrected chi connectivity index (χ3v) is 2.66. The summed E-state index contributed by atoms with van der Waals surface area (Å²) in [7, 11) is 0. The number of nitrogens with zero attached hydrogens (tertiary/aromatic N) is 1. The molecule has 1 rings (SSSR count). The standard InChI is InChI=1S/C9H12Cl2N2/c1-2-3-7(12)6-4-5-13-9(11)8(6)10/h4-5,7H,2-3,12H2,1H3/t7-/m0/s1. The second-order valence-electron chi connectivity index (χ2n) is 2.90. The summed E-state index contributed by atoms with van der Waals surface area (Å²) in [6, 6.07) is 1.77. The van der Waals surface area contributed by atoms with E-state index in [2.05, 4.69) is 11.9 Å². The Bertz CT molecular complexity index is 289. The second-order valence-corrected chi connectivity index (χ2v) is 3.64. The number of hydrogen-bond donors (Lipinski definition) is 1. The number of hydrogen-bond acceptors (Lipinski definition) is 2. The van der Waals surface area contributed by atoms with Crippen LogP contribution in [0.4, 0.5) is 0 Å². The topological polar surface area (TPSA) is 38.9 Å². The number of nitrogens with two attached hydrogens (primary N) is 1. The molecule has 2 nitrogen and oxygen atoms in total. The molecular weight excluding hydrogens is 207 g/mol. The average molecular weight is 219 g/mol. The first kappa shape index (κ1) is 10.8. The summed E-state index contributed by atoms with van der Waals surface area (Å²) < 4.78 is 0. The molecule has 2 N–H and O–H groups in total. The molecule has 0 aliphatic carbocycles. The fourth-order valence-electron chi connectivity index (χ4n) is 1.18. The van der Waals surface area contributed by atoms with Crippen molar-refractivity contribution >= 4 is 23.2 Å². The van der Waals surface area contributed by atoms with Gasteiger partial charge in [0.2, 0.25) is 0 Å². The Morgan fingerprint density at radius 1 is 1.54 bits per heavy atom. The fraction of sp³-hybridized carbons (Fsp3) is 0.444. The van der Waals surface area contributed by atoms with Crippen molar-refractivity contribution in [3.05, 3.63) is 28.0 Å². The van der Waals surface area contributed by atoms with Gasteiger partial charge in [-0.05, 0) is 18.1 Å². The molecule has 0 aromatic carbocycles. The molecule has 13 heavy (non-hydrogen) atoms. The maximum absolute atomic E-state index is 5.95. The van der Waals surface area contributed by atoms with Gasteiger partial charge in [-0.15, -0.1) is 0 Å². The molecule has 1 atom stereocenters. The zero-order valence-electron chi connectivity index (χ0n) is 7.43. The van der Waals surface area contributed by atoms with Gasteiger partial charge in [-0.25, -0.2) is 4.98 Å². The van der Waals surface area contributed by atoms with Gasteiger partial charge < -0.3 is 5.73 Å². The van der Waals surface area contributed by atoms with E-state index >= 15 is 0 Å². The Morgan fingerprint density at radius 2 is 2.23 bits per heavy atom. The predicted octanol–water partition coefficient (Wildman–Crippen LogP) is 3.19. The first-order valence-electron chi connectivity index (χ1n) is 4.22. The van der Waals surface area contributed by atoms with Crippen molar-refractivity contribution < 1.29 is 0 Å². The minimum Gasteiger partial charge on any atom is -0.324 e. The van der Waals surface area contributed by atoms with E-state index in [0.717, 1.165) is 18.4 Å². The molecule has 72 valence electrons. The Hall–Kier alpha value is -0.310. The van der Waals surface area contributed by atoms with Crippen molar-refractivity contribution in [3.63, 3.8) is 0 Å². The van der Waals surface area contributed by atoms with Crippen molar-refractivity contribution in [1.29, 1.82) is 0 Å². The smallest absolute Gasteiger partial charge is 0.147 e. The molecule has 0 fully saturated rings. The van der Waals surface area contributed by atoms with E-state index < -0.39 is 0 Å². The molecule has 4 heteroatoms. The zero-order valence-corrected chi connectivity index (χ0v) is 8.94. The molecule has 1 aromatic heterocycles. The van der Waals surface area contributed by atoms with Crippen molar-refractivity contribution in [3.8, 4) is 0 Å². The lowest BCUT2D eigenvalue weighted by Gasteiger charge is -2.12. The normalized spacial score (nSPS) is 12.9. The van der Waals surface area contributed by atoms with E-state index in [1.165, 1.54) is 0 Å². The molecule has 0 radical (unpaired) electrons. The summed E-state index contributed by atoms with van der Waals surface area (Å²) in [6.07, 6.45) is 3.55. The Kier molecular flexibility index (Phi) is 3.97. The van der Waals surface area contributed by atoms with Crippen LogP contribution in [0.15, 0.2) is 12.3 Å². The van der Waals surface area contributed by atoms with Crippen molar-refractivity contribution in [1.82, 2.24) is 4.98 Å². The first-order chi connectivity index (χ1) is 6.16. The molecule has 0 amide bonds. The molecule has 0 aliphatic rings. The van der Waals surface area contributed by atoms with Gasteiger partial charge in [0.05, 0.1) is 5.02 Å². The van der Waals surface area contributed by atoms with E-state index in [1.807, 2.05) is 6.07 Å². The van der Waals surface area contributed by atoms with Gasteiger partial charge in [0, 0.05) is 12.2 Å². The molecular formula is C9H12Cl2N2. The highest BCUT2D eigenvalue weighted by Gasteiger charge is 2.11. The first-order valence-corrected chi connectivity index (χ1v) is 4.98. The average Bonchev–Trinajstić information content (AvgIpc) is 2.10. The van der Waals surface area contributed by atoms with Crippen LogP contribution in [0, 0.1) is 0 Å². The maximum Gasteiger partial charge on any atom is 0.147 e. The van der Waals surface area contributed by atoms with E-state index in [9.17, 15) is 0 Å². The van der Waals surface area contributed by atoms with Crippen LogP contribution in [0.25, 0.3) is 0 Å². The highest BCUT2D eigenvalue weighted by Crippen LogP contribution is 2.28. The van der Waals surface area contributed by atoms with Crippen LogP contribution < -0.4 is 5.73 Å². The molecule has 0 saturated heterocycles. The van der Waals surface area contributed by atoms with Gasteiger partial charge in [0.15, 0.2) is 0 Å². The van der Waals surface area contributed by atoms with Crippen molar-refractivity contribution in [2.75, 3.05) is 0 Å². The number of halogens is 2. The lowest BCUT2D eigenvalue weighted by Crippen LogP contribution is -2.10. The summed E-state index contributed by atoms with van der Waals surface area (Å²) in [6.45, 7) is 2.08. The van der Waals surface area contributed by atoms with Gasteiger partial charge in [-0.2, -0.15) is 0 Å². The van der Waals surface area contributed by atoms with E-state index in [1.54, 1.807) is 6.20 Å². The van der Waals surface area contributed by atoms with Crippen LogP contribution in [0.2, 0.25) is 10.2 Å². The van der Waals surface area contributed by atoms with Gasteiger partial charge in [-0.1, -0.05) is 36.5 Å². The van der Waals surface area contributed by atoms with Gasteiger partial charge >= 0.3 is 0 Å². The predicted molar refractivity (Wildman–Crippen MR) is 56.1 cm³/mol. The van der Waals surface area contributed by atoms with E-state index in [4.69, 9.17) is 28.9 Å². The Morgan fingerprint density at radius 3 is 2.85 bits per heavy atom. The molecule has 0 spiro atoms. The van der Waals surface area contributed by atoms with Crippen LogP contribution in [0.3, 0.4) is 0 Å². The fourth-order valence-corrected chi connectivity index (χ4v) is 1.60. The van der Waals surface area contributed by atoms with Gasteiger partial charge in [0.1, 0.15) is 5.15 Å². The molecule has 1 aromatic rings. The third-order valence-electron chi connectivity index (χ3n) is 1.88. The molecule has 0 unspecified atom stereocenters. The lowest BCUT2D eigenvalue weighted by molar-refractivity contribution is 0.638. The summed E-state index contributed by atoms with van der Waals surface area (Å²) >= 11 is 11.7. The SMILES string of the molecule is CCC[C@H](N)c1ccnc(Cl)c1Cl. The Balaban J connectivity index is 2.93. The number of rotatable bonds is 3. The van der Waals surface area contributed by atoms with Gasteiger partial charge in [-0.3, -0.25) is 0 Å². The second kappa shape index (κ2) is 4.80. The molecule has 0 bridgehead atoms. The van der Waals surface area contributed by atoms with Crippen LogP contribution in [0.1, 0.15) is 31.4 Å². The molecule has 1 heterocycles. The van der Waals surface area contributed by atoms with E-state index in [0.29, 0.717) is 10.2 Å². The Labute approximate surface area is 88.1 Å². The maximum atomic E-state index is 5.95. The number of aromatic nitrogens is 1. The highest BCUT2D eigenvalue weighted by molar-refractivity contribution is 6.41. The molecule has 0 saturated carbocycles. The van der Waals surface area contributed by atoms with E-state index in [-0.39, 0.29) is 6.04 Å². The summed E-state index contributed by atoms with van der Waals surface area (Å²) in [5.74, 6) is 0. The quantitative estimate of drug-likeness (QED) is 0.793. The van der Waals surface area contributed by atoms with Crippen molar-refractivity contribution in [2.45, 2.75) is 25.8 Å². The lowest BCUT2D eigenvalue weighted by atomic mass is 10.1. The largest absolute Gasteiger partial charge is 0.324 e. The van der Waals surface area contributed by atoms with Crippen molar-refractivity contribution in [2.24, 2.45) is 5.73 Å². The zero-order chi connectivity index (χ0) is 9.84. The van der Waals surface area contributed by atoms with Crippen LogP contribution in [0.5, 0.6) is 0 Å². The molecule has 0 aliphatic heterocycles. The van der Waals surface area contributed by atoms with Crippen LogP contribution in [-0.2, 0) is 0 Å². The van der Waals surface area contributed by atoms with Crippen LogP contribution >= 0.6 is 23.2 Å². The summed E-state index contributed by atoms with van der Waals surface area (Å²) in [5, 5.41) is 0.802. The third kappa shape index (κ3) is 2.56. The number of pyridine rings is 1.